The Morgan fingerprint density at radius 1 is 1.39 bits per heavy atom. The molecule has 2 N–H and O–H groups in total. The monoisotopic (exact) mass is 434 g/mol. The van der Waals surface area contributed by atoms with Crippen molar-refractivity contribution in [2.75, 3.05) is 6.61 Å². The van der Waals surface area contributed by atoms with Crippen molar-refractivity contribution in [1.29, 1.82) is 0 Å². The van der Waals surface area contributed by atoms with Crippen molar-refractivity contribution in [2.24, 2.45) is 5.92 Å². The van der Waals surface area contributed by atoms with Crippen LogP contribution in [-0.2, 0) is 28.5 Å². The summed E-state index contributed by atoms with van der Waals surface area (Å²) in [6.45, 7) is 8.52. The fourth-order valence-corrected chi connectivity index (χ4v) is 5.15. The summed E-state index contributed by atoms with van der Waals surface area (Å²) >= 11 is 0. The molecule has 0 amide bonds. The fourth-order valence-electron chi connectivity index (χ4n) is 5.15. The molecule has 8 atom stereocenters. The molecule has 168 valence electrons. The van der Waals surface area contributed by atoms with E-state index in [4.69, 9.17) is 23.4 Å². The van der Waals surface area contributed by atoms with Crippen LogP contribution < -0.4 is 0 Å². The van der Waals surface area contributed by atoms with E-state index in [1.54, 1.807) is 0 Å². The second-order valence-electron chi connectivity index (χ2n) is 9.19. The van der Waals surface area contributed by atoms with Crippen LogP contribution in [0.1, 0.15) is 56.0 Å². The van der Waals surface area contributed by atoms with E-state index in [0.29, 0.717) is 23.5 Å². The number of carbonyl (C=O) groups excluding carboxylic acids is 2. The molecule has 0 saturated carbocycles. The normalized spacial score (nSPS) is 42.8. The van der Waals surface area contributed by atoms with Crippen LogP contribution in [0.3, 0.4) is 0 Å². The van der Waals surface area contributed by atoms with Gasteiger partial charge >= 0.3 is 11.9 Å². The first-order valence-electron chi connectivity index (χ1n) is 10.4. The molecule has 0 unspecified atom stereocenters. The highest BCUT2D eigenvalue weighted by Crippen LogP contribution is 2.59. The molecule has 1 aromatic rings. The summed E-state index contributed by atoms with van der Waals surface area (Å²) in [5.41, 5.74) is -0.994. The number of rotatable bonds is 3. The van der Waals surface area contributed by atoms with Gasteiger partial charge in [-0.25, -0.2) is 4.79 Å². The lowest BCUT2D eigenvalue weighted by Crippen LogP contribution is -2.40. The minimum absolute atomic E-state index is 0.0394. The van der Waals surface area contributed by atoms with Gasteiger partial charge in [0, 0.05) is 19.3 Å². The van der Waals surface area contributed by atoms with Crippen LogP contribution in [-0.4, -0.2) is 58.3 Å². The van der Waals surface area contributed by atoms with E-state index in [1.165, 1.54) is 6.92 Å². The molecule has 0 spiro atoms. The van der Waals surface area contributed by atoms with Gasteiger partial charge < -0.3 is 33.6 Å². The number of aryl methyl sites for hydroxylation is 1. The number of furan rings is 1. The maximum atomic E-state index is 12.7. The van der Waals surface area contributed by atoms with E-state index < -0.39 is 60.1 Å². The van der Waals surface area contributed by atoms with Gasteiger partial charge in [0.15, 0.2) is 6.10 Å². The van der Waals surface area contributed by atoms with Gasteiger partial charge in [-0.1, -0.05) is 6.58 Å². The molecule has 5 rings (SSSR count). The number of aliphatic hydroxyl groups is 2. The zero-order valence-electron chi connectivity index (χ0n) is 17.6. The summed E-state index contributed by atoms with van der Waals surface area (Å²) in [5.74, 6) is -0.914. The van der Waals surface area contributed by atoms with Crippen LogP contribution in [0.4, 0.5) is 0 Å². The molecule has 0 radical (unpaired) electrons. The van der Waals surface area contributed by atoms with Gasteiger partial charge in [-0.15, -0.1) is 0 Å². The third-order valence-electron chi connectivity index (χ3n) is 6.94. The predicted octanol–water partition coefficient (Wildman–Crippen LogP) is 1.40. The smallest absolute Gasteiger partial charge is 0.344 e. The van der Waals surface area contributed by atoms with Crippen molar-refractivity contribution in [3.63, 3.8) is 0 Å². The summed E-state index contributed by atoms with van der Waals surface area (Å²) in [5, 5.41) is 20.9. The summed E-state index contributed by atoms with van der Waals surface area (Å²) in [6.07, 6.45) is -3.32. The van der Waals surface area contributed by atoms with Crippen molar-refractivity contribution >= 4 is 11.9 Å². The predicted molar refractivity (Wildman–Crippen MR) is 103 cm³/mol. The van der Waals surface area contributed by atoms with Crippen molar-refractivity contribution in [3.8, 4) is 0 Å². The van der Waals surface area contributed by atoms with Gasteiger partial charge in [-0.2, -0.15) is 0 Å². The summed E-state index contributed by atoms with van der Waals surface area (Å²) < 4.78 is 28.9. The Bertz CT molecular complexity index is 966. The Kier molecular flexibility index (Phi) is 4.44. The van der Waals surface area contributed by atoms with Crippen molar-refractivity contribution in [3.05, 3.63) is 35.3 Å². The Morgan fingerprint density at radius 2 is 2.13 bits per heavy atom. The number of aliphatic hydroxyl groups excluding tert-OH is 2. The molecule has 31 heavy (non-hydrogen) atoms. The average molecular weight is 434 g/mol. The first-order chi connectivity index (χ1) is 14.6. The maximum Gasteiger partial charge on any atom is 0.344 e. The first kappa shape index (κ1) is 20.7. The van der Waals surface area contributed by atoms with Gasteiger partial charge in [-0.05, 0) is 37.5 Å². The van der Waals surface area contributed by atoms with Crippen LogP contribution in [0.25, 0.3) is 0 Å². The molecule has 3 saturated heterocycles. The van der Waals surface area contributed by atoms with Crippen LogP contribution in [0.5, 0.6) is 0 Å². The zero-order valence-corrected chi connectivity index (χ0v) is 17.6. The molecule has 9 nitrogen and oxygen atoms in total. The number of fused-ring (bicyclic) bond motifs is 4. The fraction of sp³-hybridized carbons (Fsp3) is 0.636. The quantitative estimate of drug-likeness (QED) is 0.412. The minimum atomic E-state index is -1.46. The number of epoxide rings is 2. The third kappa shape index (κ3) is 2.98. The number of esters is 2. The van der Waals surface area contributed by atoms with E-state index in [2.05, 4.69) is 6.58 Å². The molecule has 0 aromatic carbocycles. The SMILES string of the molecule is C=C(CO)[C@H]1C[C@H](O)[C@@]23O[C@@H]2[C@@H](C[C@]2(C)O[C@H]2c2cc(C)c(o2)[C@@H]1OC(C)=O)OC3=O. The molecule has 4 aliphatic rings. The molecule has 4 bridgehead atoms. The summed E-state index contributed by atoms with van der Waals surface area (Å²) in [4.78, 5) is 24.6. The molecule has 0 aliphatic carbocycles. The summed E-state index contributed by atoms with van der Waals surface area (Å²) in [7, 11) is 0. The van der Waals surface area contributed by atoms with Crippen LogP contribution in [0.2, 0.25) is 0 Å². The lowest BCUT2D eigenvalue weighted by Gasteiger charge is -2.29. The topological polar surface area (TPSA) is 131 Å². The lowest BCUT2D eigenvalue weighted by molar-refractivity contribution is -0.160. The minimum Gasteiger partial charge on any atom is -0.459 e. The average Bonchev–Trinajstić information content (AvgIpc) is 3.54. The van der Waals surface area contributed by atoms with Gasteiger partial charge in [0.1, 0.15) is 35.4 Å². The van der Waals surface area contributed by atoms with Crippen molar-refractivity contribution < 1.29 is 43.2 Å². The summed E-state index contributed by atoms with van der Waals surface area (Å²) in [6, 6.07) is 1.83. The molecule has 9 heteroatoms. The maximum absolute atomic E-state index is 12.7. The van der Waals surface area contributed by atoms with Gasteiger partial charge in [0.2, 0.25) is 5.60 Å². The highest BCUT2D eigenvalue weighted by atomic mass is 16.7. The van der Waals surface area contributed by atoms with E-state index in [9.17, 15) is 19.8 Å². The molecular formula is C22H26O9. The highest BCUT2D eigenvalue weighted by Gasteiger charge is 2.78. The van der Waals surface area contributed by atoms with Gasteiger partial charge in [0.25, 0.3) is 0 Å². The zero-order chi connectivity index (χ0) is 22.3. The Balaban J connectivity index is 1.61. The number of ether oxygens (including phenoxy) is 4. The Hall–Kier alpha value is -2.20. The molecule has 3 fully saturated rings. The second-order valence-corrected chi connectivity index (χ2v) is 9.19. The van der Waals surface area contributed by atoms with Crippen LogP contribution in [0, 0.1) is 12.8 Å². The molecule has 1 aromatic heterocycles. The van der Waals surface area contributed by atoms with Gasteiger partial charge in [0.05, 0.1) is 12.7 Å². The van der Waals surface area contributed by atoms with E-state index in [-0.39, 0.29) is 12.5 Å². The molecule has 5 heterocycles. The highest BCUT2D eigenvalue weighted by molar-refractivity contribution is 5.87. The number of hydrogen-bond donors (Lipinski definition) is 2. The van der Waals surface area contributed by atoms with Gasteiger partial charge in [-0.3, -0.25) is 4.79 Å². The van der Waals surface area contributed by atoms with Crippen LogP contribution >= 0.6 is 0 Å². The molecule has 4 aliphatic heterocycles. The Morgan fingerprint density at radius 3 is 2.77 bits per heavy atom. The van der Waals surface area contributed by atoms with E-state index in [0.717, 1.165) is 5.56 Å². The standard InChI is InChI=1S/C22H26O9/c1-9-5-13-18-21(4,30-18)7-14-19-22(31-19,20(26)29-14)15(25)6-12(10(2)8-23)17(16(9)28-13)27-11(3)24/h5,12,14-15,17-19,23,25H,2,6-8H2,1,3-4H3/t12-,14-,15+,17-,18+,19-,21+,22-/m1/s1. The first-order valence-corrected chi connectivity index (χ1v) is 10.4. The molecular weight excluding hydrogens is 408 g/mol. The second kappa shape index (κ2) is 6.65. The van der Waals surface area contributed by atoms with E-state index >= 15 is 0 Å². The van der Waals surface area contributed by atoms with Crippen LogP contribution in [0.15, 0.2) is 22.6 Å². The van der Waals surface area contributed by atoms with Crippen molar-refractivity contribution in [1.82, 2.24) is 0 Å². The van der Waals surface area contributed by atoms with Crippen molar-refractivity contribution in [2.45, 2.75) is 75.3 Å². The lowest BCUT2D eigenvalue weighted by atomic mass is 9.82. The Labute approximate surface area is 178 Å². The number of carbonyl (C=O) groups is 2. The van der Waals surface area contributed by atoms with E-state index in [1.807, 2.05) is 19.9 Å². The third-order valence-corrected chi connectivity index (χ3v) is 6.94. The largest absolute Gasteiger partial charge is 0.459 e. The number of hydrogen-bond acceptors (Lipinski definition) is 9.